The SMILES string of the molecule is CCNC(=O)C(C)N(Cc1ccc(OC)cc1)C(=O)COc1ccc(I)cc1. The van der Waals surface area contributed by atoms with E-state index >= 15 is 0 Å². The molecule has 0 aliphatic heterocycles. The Hall–Kier alpha value is -2.29. The first-order valence-electron chi connectivity index (χ1n) is 9.03. The lowest BCUT2D eigenvalue weighted by atomic mass is 10.1. The number of amides is 2. The molecule has 0 aromatic heterocycles. The molecule has 0 saturated carbocycles. The maximum Gasteiger partial charge on any atom is 0.261 e. The number of ether oxygens (including phenoxy) is 2. The Kier molecular flexibility index (Phi) is 8.56. The Morgan fingerprint density at radius 2 is 1.68 bits per heavy atom. The molecule has 150 valence electrons. The van der Waals surface area contributed by atoms with Gasteiger partial charge in [-0.1, -0.05) is 12.1 Å². The van der Waals surface area contributed by atoms with Crippen LogP contribution in [-0.4, -0.2) is 43.0 Å². The fourth-order valence-corrected chi connectivity index (χ4v) is 2.95. The fourth-order valence-electron chi connectivity index (χ4n) is 2.59. The number of methoxy groups -OCH3 is 1. The van der Waals surface area contributed by atoms with Crippen LogP contribution >= 0.6 is 22.6 Å². The molecule has 2 aromatic rings. The van der Waals surface area contributed by atoms with Crippen LogP contribution in [0.1, 0.15) is 19.4 Å². The van der Waals surface area contributed by atoms with Gasteiger partial charge in [-0.3, -0.25) is 9.59 Å². The topological polar surface area (TPSA) is 67.9 Å². The fraction of sp³-hybridized carbons (Fsp3) is 0.333. The van der Waals surface area contributed by atoms with Gasteiger partial charge in [-0.15, -0.1) is 0 Å². The van der Waals surface area contributed by atoms with E-state index in [9.17, 15) is 9.59 Å². The van der Waals surface area contributed by atoms with E-state index in [0.29, 0.717) is 18.8 Å². The number of rotatable bonds is 9. The van der Waals surface area contributed by atoms with Crippen LogP contribution in [0.15, 0.2) is 48.5 Å². The lowest BCUT2D eigenvalue weighted by molar-refractivity contribution is -0.142. The number of hydrogen-bond donors (Lipinski definition) is 1. The third-order valence-corrected chi connectivity index (χ3v) is 4.93. The van der Waals surface area contributed by atoms with Gasteiger partial charge in [0.1, 0.15) is 17.5 Å². The normalized spacial score (nSPS) is 11.4. The first kappa shape index (κ1) is 22.0. The van der Waals surface area contributed by atoms with Crippen molar-refractivity contribution in [2.45, 2.75) is 26.4 Å². The number of nitrogens with one attached hydrogen (secondary N) is 1. The summed E-state index contributed by atoms with van der Waals surface area (Å²) in [4.78, 5) is 26.7. The van der Waals surface area contributed by atoms with Crippen molar-refractivity contribution in [3.05, 3.63) is 57.7 Å². The van der Waals surface area contributed by atoms with Gasteiger partial charge in [0.05, 0.1) is 7.11 Å². The molecule has 28 heavy (non-hydrogen) atoms. The van der Waals surface area contributed by atoms with E-state index in [-0.39, 0.29) is 18.4 Å². The molecule has 0 bridgehead atoms. The molecular weight excluding hydrogens is 471 g/mol. The van der Waals surface area contributed by atoms with Crippen molar-refractivity contribution < 1.29 is 19.1 Å². The molecule has 6 nitrogen and oxygen atoms in total. The molecule has 7 heteroatoms. The summed E-state index contributed by atoms with van der Waals surface area (Å²) < 4.78 is 11.9. The molecule has 0 radical (unpaired) electrons. The summed E-state index contributed by atoms with van der Waals surface area (Å²) in [5, 5.41) is 2.77. The summed E-state index contributed by atoms with van der Waals surface area (Å²) in [5.74, 6) is 0.899. The zero-order valence-electron chi connectivity index (χ0n) is 16.3. The largest absolute Gasteiger partial charge is 0.497 e. The van der Waals surface area contributed by atoms with E-state index in [1.165, 1.54) is 4.90 Å². The van der Waals surface area contributed by atoms with Crippen LogP contribution in [0.5, 0.6) is 11.5 Å². The van der Waals surface area contributed by atoms with Crippen molar-refractivity contribution in [1.82, 2.24) is 10.2 Å². The van der Waals surface area contributed by atoms with Crippen molar-refractivity contribution in [1.29, 1.82) is 0 Å². The molecule has 1 atom stereocenters. The highest BCUT2D eigenvalue weighted by molar-refractivity contribution is 14.1. The zero-order valence-corrected chi connectivity index (χ0v) is 18.4. The van der Waals surface area contributed by atoms with Gasteiger partial charge in [-0.05, 0) is 78.4 Å². The van der Waals surface area contributed by atoms with Crippen LogP contribution in [0, 0.1) is 3.57 Å². The van der Waals surface area contributed by atoms with Crippen LogP contribution in [0.2, 0.25) is 0 Å². The maximum atomic E-state index is 12.9. The van der Waals surface area contributed by atoms with E-state index < -0.39 is 6.04 Å². The van der Waals surface area contributed by atoms with Gasteiger partial charge in [0.2, 0.25) is 5.91 Å². The molecule has 0 aliphatic rings. The average Bonchev–Trinajstić information content (AvgIpc) is 2.71. The van der Waals surface area contributed by atoms with Gasteiger partial charge < -0.3 is 19.7 Å². The highest BCUT2D eigenvalue weighted by atomic mass is 127. The van der Waals surface area contributed by atoms with Gasteiger partial charge in [0, 0.05) is 16.7 Å². The Labute approximate surface area is 179 Å². The van der Waals surface area contributed by atoms with Crippen molar-refractivity contribution in [3.63, 3.8) is 0 Å². The van der Waals surface area contributed by atoms with Gasteiger partial charge in [-0.2, -0.15) is 0 Å². The first-order chi connectivity index (χ1) is 13.4. The Bertz CT molecular complexity index is 778. The van der Waals surface area contributed by atoms with Crippen LogP contribution in [-0.2, 0) is 16.1 Å². The zero-order chi connectivity index (χ0) is 20.5. The van der Waals surface area contributed by atoms with Crippen molar-refractivity contribution in [2.24, 2.45) is 0 Å². The second kappa shape index (κ2) is 10.9. The Balaban J connectivity index is 2.11. The maximum absolute atomic E-state index is 12.9. The van der Waals surface area contributed by atoms with E-state index in [4.69, 9.17) is 9.47 Å². The predicted octanol–water partition coefficient (Wildman–Crippen LogP) is 3.23. The number of benzene rings is 2. The van der Waals surface area contributed by atoms with Crippen molar-refractivity contribution in [2.75, 3.05) is 20.3 Å². The van der Waals surface area contributed by atoms with Gasteiger partial charge in [-0.25, -0.2) is 0 Å². The molecular formula is C21H25IN2O4. The third-order valence-electron chi connectivity index (χ3n) is 4.21. The number of carbonyl (C=O) groups excluding carboxylic acids is 2. The lowest BCUT2D eigenvalue weighted by Crippen LogP contribution is -2.49. The molecule has 0 aliphatic carbocycles. The molecule has 2 rings (SSSR count). The molecule has 2 amide bonds. The second-order valence-corrected chi connectivity index (χ2v) is 7.43. The lowest BCUT2D eigenvalue weighted by Gasteiger charge is -2.28. The number of halogens is 1. The first-order valence-corrected chi connectivity index (χ1v) is 10.1. The number of hydrogen-bond acceptors (Lipinski definition) is 4. The summed E-state index contributed by atoms with van der Waals surface area (Å²) in [6.07, 6.45) is 0. The summed E-state index contributed by atoms with van der Waals surface area (Å²) >= 11 is 2.21. The average molecular weight is 496 g/mol. The highest BCUT2D eigenvalue weighted by Gasteiger charge is 2.26. The molecule has 0 spiro atoms. The minimum atomic E-state index is -0.616. The second-order valence-electron chi connectivity index (χ2n) is 6.18. The quantitative estimate of drug-likeness (QED) is 0.542. The molecule has 1 unspecified atom stereocenters. The summed E-state index contributed by atoms with van der Waals surface area (Å²) in [6, 6.07) is 14.3. The Morgan fingerprint density at radius 3 is 2.25 bits per heavy atom. The van der Waals surface area contributed by atoms with Crippen LogP contribution in [0.3, 0.4) is 0 Å². The predicted molar refractivity (Wildman–Crippen MR) is 116 cm³/mol. The number of carbonyl (C=O) groups is 2. The van der Waals surface area contributed by atoms with E-state index in [1.54, 1.807) is 14.0 Å². The molecule has 0 heterocycles. The van der Waals surface area contributed by atoms with Gasteiger partial charge in [0.25, 0.3) is 5.91 Å². The summed E-state index contributed by atoms with van der Waals surface area (Å²) in [7, 11) is 1.60. The van der Waals surface area contributed by atoms with Crippen LogP contribution in [0.25, 0.3) is 0 Å². The highest BCUT2D eigenvalue weighted by Crippen LogP contribution is 2.16. The third kappa shape index (κ3) is 6.40. The Morgan fingerprint density at radius 1 is 1.07 bits per heavy atom. The van der Waals surface area contributed by atoms with Crippen molar-refractivity contribution in [3.8, 4) is 11.5 Å². The van der Waals surface area contributed by atoms with Crippen LogP contribution in [0.4, 0.5) is 0 Å². The van der Waals surface area contributed by atoms with Gasteiger partial charge >= 0.3 is 0 Å². The van der Waals surface area contributed by atoms with E-state index in [2.05, 4.69) is 27.9 Å². The molecule has 0 fully saturated rings. The smallest absolute Gasteiger partial charge is 0.261 e. The van der Waals surface area contributed by atoms with Crippen molar-refractivity contribution >= 4 is 34.4 Å². The minimum Gasteiger partial charge on any atom is -0.497 e. The summed E-state index contributed by atoms with van der Waals surface area (Å²) in [6.45, 7) is 4.24. The van der Waals surface area contributed by atoms with E-state index in [1.807, 2.05) is 55.5 Å². The standard InChI is InChI=1S/C21H25IN2O4/c1-4-23-21(26)15(2)24(13-16-5-9-18(27-3)10-6-16)20(25)14-28-19-11-7-17(22)8-12-19/h5-12,15H,4,13-14H2,1-3H3,(H,23,26). The summed E-state index contributed by atoms with van der Waals surface area (Å²) in [5.41, 5.74) is 0.902. The minimum absolute atomic E-state index is 0.138. The van der Waals surface area contributed by atoms with Crippen LogP contribution < -0.4 is 14.8 Å². The van der Waals surface area contributed by atoms with Gasteiger partial charge in [0.15, 0.2) is 6.61 Å². The monoisotopic (exact) mass is 496 g/mol. The molecule has 1 N–H and O–H groups in total. The number of likely N-dealkylation sites (N-methyl/N-ethyl adjacent to an activating group) is 1. The molecule has 2 aromatic carbocycles. The molecule has 0 saturated heterocycles. The number of nitrogens with zero attached hydrogens (tertiary/aromatic N) is 1. The van der Waals surface area contributed by atoms with E-state index in [0.717, 1.165) is 14.9 Å².